The first-order valence-corrected chi connectivity index (χ1v) is 4.96. The molecule has 0 amide bonds. The minimum absolute atomic E-state index is 0. The van der Waals surface area contributed by atoms with Crippen molar-refractivity contribution in [1.82, 2.24) is 15.5 Å². The van der Waals surface area contributed by atoms with Crippen LogP contribution < -0.4 is 5.32 Å². The van der Waals surface area contributed by atoms with E-state index in [4.69, 9.17) is 4.52 Å². The number of aryl methyl sites for hydroxylation is 1. The smallest absolute Gasteiger partial charge is 0.243 e. The minimum Gasteiger partial charge on any atom is -0.338 e. The van der Waals surface area contributed by atoms with Crippen LogP contribution in [0, 0.1) is 0 Å². The molecule has 2 heterocycles. The van der Waals surface area contributed by atoms with E-state index < -0.39 is 0 Å². The van der Waals surface area contributed by atoms with Gasteiger partial charge in [0.1, 0.15) is 0 Å². The molecule has 1 N–H and O–H groups in total. The van der Waals surface area contributed by atoms with Gasteiger partial charge >= 0.3 is 0 Å². The Bertz CT molecular complexity index is 271. The molecule has 1 fully saturated rings. The number of nitrogens with zero attached hydrogens (tertiary/aromatic N) is 2. The third kappa shape index (κ3) is 2.45. The van der Waals surface area contributed by atoms with Crippen LogP contribution in [-0.4, -0.2) is 16.7 Å². The van der Waals surface area contributed by atoms with Crippen LogP contribution in [0.1, 0.15) is 43.9 Å². The Kier molecular flexibility index (Phi) is 4.35. The Balaban J connectivity index is 0.000000980. The lowest BCUT2D eigenvalue weighted by atomic mass is 10.1. The van der Waals surface area contributed by atoms with Gasteiger partial charge in [-0.3, -0.25) is 0 Å². The first kappa shape index (κ1) is 11.5. The molecule has 80 valence electrons. The number of hydrogen-bond acceptors (Lipinski definition) is 4. The van der Waals surface area contributed by atoms with E-state index in [0.29, 0.717) is 6.04 Å². The van der Waals surface area contributed by atoms with Crippen LogP contribution in [0.2, 0.25) is 0 Å². The highest BCUT2D eigenvalue weighted by atomic mass is 35.5. The monoisotopic (exact) mass is 217 g/mol. The molecule has 0 radical (unpaired) electrons. The van der Waals surface area contributed by atoms with Crippen LogP contribution in [0.4, 0.5) is 0 Å². The summed E-state index contributed by atoms with van der Waals surface area (Å²) in [6.07, 6.45) is 4.47. The van der Waals surface area contributed by atoms with E-state index in [-0.39, 0.29) is 12.4 Å². The molecule has 0 aromatic carbocycles. The Morgan fingerprint density at radius 1 is 1.50 bits per heavy atom. The van der Waals surface area contributed by atoms with Gasteiger partial charge < -0.3 is 9.84 Å². The molecule has 5 heteroatoms. The predicted molar refractivity (Wildman–Crippen MR) is 55.5 cm³/mol. The molecule has 4 nitrogen and oxygen atoms in total. The van der Waals surface area contributed by atoms with Crippen LogP contribution in [0.25, 0.3) is 0 Å². The number of rotatable bonds is 2. The quantitative estimate of drug-likeness (QED) is 0.822. The van der Waals surface area contributed by atoms with Crippen LogP contribution >= 0.6 is 12.4 Å². The summed E-state index contributed by atoms with van der Waals surface area (Å²) in [7, 11) is 0. The molecule has 1 atom stereocenters. The van der Waals surface area contributed by atoms with E-state index in [2.05, 4.69) is 15.5 Å². The molecule has 0 bridgehead atoms. The lowest BCUT2D eigenvalue weighted by Crippen LogP contribution is -2.26. The summed E-state index contributed by atoms with van der Waals surface area (Å²) in [5.74, 6) is 1.57. The number of aromatic nitrogens is 2. The first-order chi connectivity index (χ1) is 6.40. The second-order valence-corrected chi connectivity index (χ2v) is 3.40. The van der Waals surface area contributed by atoms with Crippen molar-refractivity contribution in [3.05, 3.63) is 11.7 Å². The highest BCUT2D eigenvalue weighted by molar-refractivity contribution is 5.85. The van der Waals surface area contributed by atoms with Crippen LogP contribution in [-0.2, 0) is 6.42 Å². The van der Waals surface area contributed by atoms with Gasteiger partial charge in [-0.2, -0.15) is 4.98 Å². The molecule has 2 rings (SSSR count). The largest absolute Gasteiger partial charge is 0.338 e. The fourth-order valence-corrected chi connectivity index (χ4v) is 1.62. The van der Waals surface area contributed by atoms with E-state index >= 15 is 0 Å². The summed E-state index contributed by atoms with van der Waals surface area (Å²) >= 11 is 0. The maximum atomic E-state index is 5.17. The van der Waals surface area contributed by atoms with Gasteiger partial charge in [-0.05, 0) is 19.4 Å². The lowest BCUT2D eigenvalue weighted by molar-refractivity contribution is 0.296. The topological polar surface area (TPSA) is 51.0 Å². The zero-order chi connectivity index (χ0) is 9.10. The van der Waals surface area contributed by atoms with E-state index in [1.165, 1.54) is 12.8 Å². The van der Waals surface area contributed by atoms with Gasteiger partial charge in [0.2, 0.25) is 5.89 Å². The van der Waals surface area contributed by atoms with Gasteiger partial charge in [-0.1, -0.05) is 18.5 Å². The number of piperidine rings is 1. The van der Waals surface area contributed by atoms with Gasteiger partial charge in [0.25, 0.3) is 0 Å². The van der Waals surface area contributed by atoms with Crippen molar-refractivity contribution in [1.29, 1.82) is 0 Å². The van der Waals surface area contributed by atoms with Crippen molar-refractivity contribution < 1.29 is 4.52 Å². The standard InChI is InChI=1S/C9H15N3O.ClH/c1-2-8-11-9(13-12-8)7-5-3-4-6-10-7;/h7,10H,2-6H2,1H3;1H. The Labute approximate surface area is 89.9 Å². The molecular formula is C9H16ClN3O. The summed E-state index contributed by atoms with van der Waals surface area (Å²) < 4.78 is 5.17. The molecule has 0 saturated carbocycles. The molecule has 14 heavy (non-hydrogen) atoms. The van der Waals surface area contributed by atoms with Gasteiger partial charge in [-0.25, -0.2) is 0 Å². The van der Waals surface area contributed by atoms with E-state index in [1.807, 2.05) is 6.92 Å². The van der Waals surface area contributed by atoms with Crippen molar-refractivity contribution in [2.45, 2.75) is 38.6 Å². The summed E-state index contributed by atoms with van der Waals surface area (Å²) in [4.78, 5) is 4.31. The Morgan fingerprint density at radius 2 is 2.36 bits per heavy atom. The number of hydrogen-bond donors (Lipinski definition) is 1. The van der Waals surface area contributed by atoms with Crippen molar-refractivity contribution in [3.8, 4) is 0 Å². The van der Waals surface area contributed by atoms with E-state index in [1.54, 1.807) is 0 Å². The van der Waals surface area contributed by atoms with Gasteiger partial charge in [0, 0.05) is 6.42 Å². The van der Waals surface area contributed by atoms with Crippen molar-refractivity contribution in [3.63, 3.8) is 0 Å². The molecular weight excluding hydrogens is 202 g/mol. The van der Waals surface area contributed by atoms with E-state index in [9.17, 15) is 0 Å². The molecule has 0 spiro atoms. The second-order valence-electron chi connectivity index (χ2n) is 3.40. The summed E-state index contributed by atoms with van der Waals surface area (Å²) in [6.45, 7) is 3.09. The van der Waals surface area contributed by atoms with Gasteiger partial charge in [-0.15, -0.1) is 12.4 Å². The third-order valence-electron chi connectivity index (χ3n) is 2.41. The van der Waals surface area contributed by atoms with E-state index in [0.717, 1.165) is 31.1 Å². The Hall–Kier alpha value is -0.610. The van der Waals surface area contributed by atoms with Crippen molar-refractivity contribution in [2.75, 3.05) is 6.54 Å². The second kappa shape index (κ2) is 5.32. The summed E-state index contributed by atoms with van der Waals surface area (Å²) in [5, 5.41) is 7.26. The zero-order valence-electron chi connectivity index (χ0n) is 8.32. The lowest BCUT2D eigenvalue weighted by Gasteiger charge is -2.19. The maximum Gasteiger partial charge on any atom is 0.243 e. The molecule has 1 aromatic heterocycles. The normalized spacial score (nSPS) is 21.6. The maximum absolute atomic E-state index is 5.17. The summed E-state index contributed by atoms with van der Waals surface area (Å²) in [5.41, 5.74) is 0. The van der Waals surface area contributed by atoms with Crippen LogP contribution in [0.5, 0.6) is 0 Å². The van der Waals surface area contributed by atoms with Gasteiger partial charge in [0.15, 0.2) is 5.82 Å². The van der Waals surface area contributed by atoms with Crippen LogP contribution in [0.3, 0.4) is 0 Å². The first-order valence-electron chi connectivity index (χ1n) is 4.96. The Morgan fingerprint density at radius 3 is 2.93 bits per heavy atom. The third-order valence-corrected chi connectivity index (χ3v) is 2.41. The number of nitrogens with one attached hydrogen (secondary N) is 1. The molecule has 1 aliphatic rings. The fourth-order valence-electron chi connectivity index (χ4n) is 1.62. The molecule has 0 aliphatic carbocycles. The molecule has 1 unspecified atom stereocenters. The molecule has 1 saturated heterocycles. The fraction of sp³-hybridized carbons (Fsp3) is 0.778. The van der Waals surface area contributed by atoms with Crippen molar-refractivity contribution in [2.24, 2.45) is 0 Å². The average Bonchev–Trinajstić information content (AvgIpc) is 2.67. The summed E-state index contributed by atoms with van der Waals surface area (Å²) in [6, 6.07) is 0.293. The van der Waals surface area contributed by atoms with Crippen molar-refractivity contribution >= 4 is 12.4 Å². The molecule has 1 aliphatic heterocycles. The minimum atomic E-state index is 0. The SMILES string of the molecule is CCc1noc(C2CCCCN2)n1.Cl. The highest BCUT2D eigenvalue weighted by Gasteiger charge is 2.20. The van der Waals surface area contributed by atoms with Gasteiger partial charge in [0.05, 0.1) is 6.04 Å². The average molecular weight is 218 g/mol. The van der Waals surface area contributed by atoms with Crippen LogP contribution in [0.15, 0.2) is 4.52 Å². The molecule has 1 aromatic rings. The highest BCUT2D eigenvalue weighted by Crippen LogP contribution is 2.20. The zero-order valence-corrected chi connectivity index (χ0v) is 9.14. The predicted octanol–water partition coefficient (Wildman–Crippen LogP) is 1.87. The number of halogens is 1.